The van der Waals surface area contributed by atoms with E-state index in [9.17, 15) is 4.79 Å². The van der Waals surface area contributed by atoms with Crippen molar-refractivity contribution < 1.29 is 81.4 Å². The SMILES string of the molecule is C=C(C)C(=O)O.OCCCCCCO.OCCCCCCO.OCCCCCCO.OCCCCCCO.OCCCCCCO.OCCCCCCO.OCCCCCCO. The van der Waals surface area contributed by atoms with Gasteiger partial charge in [-0.05, 0) is 96.8 Å². The zero-order chi connectivity index (χ0) is 48.9. The van der Waals surface area contributed by atoms with Crippen LogP contribution in [-0.2, 0) is 4.79 Å². The minimum Gasteiger partial charge on any atom is -0.478 e. The molecule has 0 aliphatic rings. The first kappa shape index (κ1) is 77.8. The van der Waals surface area contributed by atoms with Gasteiger partial charge in [-0.3, -0.25) is 0 Å². The highest BCUT2D eigenvalue weighted by Crippen LogP contribution is 2.00. The average molecular weight is 913 g/mol. The van der Waals surface area contributed by atoms with Gasteiger partial charge in [-0.25, -0.2) is 4.79 Å². The summed E-state index contributed by atoms with van der Waals surface area (Å²) in [5.74, 6) is -0.935. The van der Waals surface area contributed by atoms with Crippen LogP contribution >= 0.6 is 0 Å². The monoisotopic (exact) mass is 913 g/mol. The summed E-state index contributed by atoms with van der Waals surface area (Å²) in [5.41, 5.74) is 0.176. The molecule has 0 bridgehead atoms. The number of carboxylic acids is 1. The van der Waals surface area contributed by atoms with Crippen molar-refractivity contribution in [2.24, 2.45) is 0 Å². The summed E-state index contributed by atoms with van der Waals surface area (Å²) in [5, 5.41) is 124. The summed E-state index contributed by atoms with van der Waals surface area (Å²) in [6.07, 6.45) is 26.8. The third-order valence-corrected chi connectivity index (χ3v) is 7.83. The minimum absolute atomic E-state index is 0.176. The first-order chi connectivity index (χ1) is 30.0. The zero-order valence-corrected chi connectivity index (χ0v) is 39.5. The van der Waals surface area contributed by atoms with Crippen LogP contribution in [0.25, 0.3) is 0 Å². The molecule has 16 heteroatoms. The number of aliphatic hydroxyl groups is 14. The highest BCUT2D eigenvalue weighted by Gasteiger charge is 1.91. The van der Waals surface area contributed by atoms with Gasteiger partial charge in [0.1, 0.15) is 0 Å². The molecule has 0 aliphatic carbocycles. The van der Waals surface area contributed by atoms with Crippen LogP contribution in [0.2, 0.25) is 0 Å². The second-order valence-corrected chi connectivity index (χ2v) is 14.1. The summed E-state index contributed by atoms with van der Waals surface area (Å²) in [6.45, 7) is 8.57. The molecule has 0 rings (SSSR count). The number of rotatable bonds is 36. The van der Waals surface area contributed by atoms with E-state index in [2.05, 4.69) is 6.58 Å². The third-order valence-electron chi connectivity index (χ3n) is 7.83. The maximum absolute atomic E-state index is 9.60. The van der Waals surface area contributed by atoms with Crippen molar-refractivity contribution in [1.82, 2.24) is 0 Å². The molecule has 0 aliphatic heterocycles. The number of unbranched alkanes of at least 4 members (excludes halogenated alkanes) is 21. The molecule has 0 aromatic heterocycles. The van der Waals surface area contributed by atoms with Crippen LogP contribution in [0.4, 0.5) is 0 Å². The van der Waals surface area contributed by atoms with E-state index in [4.69, 9.17) is 76.6 Å². The van der Waals surface area contributed by atoms with Crippen molar-refractivity contribution >= 4 is 5.97 Å². The lowest BCUT2D eigenvalue weighted by molar-refractivity contribution is -0.132. The van der Waals surface area contributed by atoms with Gasteiger partial charge < -0.3 is 76.6 Å². The van der Waals surface area contributed by atoms with Gasteiger partial charge in [0.15, 0.2) is 0 Å². The van der Waals surface area contributed by atoms with Crippen LogP contribution < -0.4 is 0 Å². The molecule has 384 valence electrons. The molecule has 0 heterocycles. The summed E-state index contributed by atoms with van der Waals surface area (Å²) in [6, 6.07) is 0. The van der Waals surface area contributed by atoms with Gasteiger partial charge in [0, 0.05) is 98.1 Å². The number of carboxylic acid groups (broad SMARTS) is 1. The van der Waals surface area contributed by atoms with Gasteiger partial charge in [-0.1, -0.05) is 96.5 Å². The lowest BCUT2D eigenvalue weighted by Gasteiger charge is -1.93. The fourth-order valence-electron chi connectivity index (χ4n) is 4.04. The van der Waals surface area contributed by atoms with Crippen molar-refractivity contribution in [3.05, 3.63) is 12.2 Å². The van der Waals surface area contributed by atoms with Gasteiger partial charge in [-0.2, -0.15) is 0 Å². The second-order valence-electron chi connectivity index (χ2n) is 14.1. The largest absolute Gasteiger partial charge is 0.478 e. The average Bonchev–Trinajstić information content (AvgIpc) is 3.28. The molecule has 15 N–H and O–H groups in total. The maximum atomic E-state index is 9.60. The zero-order valence-electron chi connectivity index (χ0n) is 39.5. The Morgan fingerprint density at radius 3 is 0.339 bits per heavy atom. The van der Waals surface area contributed by atoms with Crippen molar-refractivity contribution in [2.45, 2.75) is 187 Å². The van der Waals surface area contributed by atoms with Crippen LogP contribution in [-0.4, -0.2) is 175 Å². The molecule has 0 saturated heterocycles. The Morgan fingerprint density at radius 1 is 0.242 bits per heavy atom. The van der Waals surface area contributed by atoms with Crippen molar-refractivity contribution in [3.8, 4) is 0 Å². The molecule has 0 amide bonds. The standard InChI is InChI=1S/7C6H14O2.C4H6O2/c7*7-5-3-1-2-4-6-8;1-3(2)4(5)6/h7*7-8H,1-6H2;1H2,2H3,(H,5,6). The lowest BCUT2D eigenvalue weighted by atomic mass is 10.2. The van der Waals surface area contributed by atoms with E-state index in [0.29, 0.717) is 0 Å². The smallest absolute Gasteiger partial charge is 0.330 e. The van der Waals surface area contributed by atoms with Crippen molar-refractivity contribution in [3.63, 3.8) is 0 Å². The molecule has 0 spiro atoms. The van der Waals surface area contributed by atoms with Crippen LogP contribution in [0.15, 0.2) is 12.2 Å². The van der Waals surface area contributed by atoms with Crippen LogP contribution in [0.5, 0.6) is 0 Å². The number of hydrogen-bond acceptors (Lipinski definition) is 15. The highest BCUT2D eigenvalue weighted by atomic mass is 16.4. The quantitative estimate of drug-likeness (QED) is 0.0307. The van der Waals surface area contributed by atoms with E-state index >= 15 is 0 Å². The topological polar surface area (TPSA) is 321 Å². The minimum atomic E-state index is -0.935. The first-order valence-corrected chi connectivity index (χ1v) is 23.5. The molecular weight excluding hydrogens is 808 g/mol. The Balaban J connectivity index is -0.0000000897. The second kappa shape index (κ2) is 94.3. The molecular formula is C46H104O16. The molecule has 0 fully saturated rings. The summed E-state index contributed by atoms with van der Waals surface area (Å²) < 4.78 is 0. The van der Waals surface area contributed by atoms with Crippen LogP contribution in [0, 0.1) is 0 Å². The Bertz CT molecular complexity index is 493. The van der Waals surface area contributed by atoms with E-state index in [0.717, 1.165) is 180 Å². The third kappa shape index (κ3) is 138. The van der Waals surface area contributed by atoms with Crippen LogP contribution in [0.3, 0.4) is 0 Å². The molecule has 0 aromatic rings. The molecule has 62 heavy (non-hydrogen) atoms. The summed E-state index contributed by atoms with van der Waals surface area (Å²) in [4.78, 5) is 9.60. The number of aliphatic hydroxyl groups excluding tert-OH is 14. The number of aliphatic carboxylic acids is 1. The van der Waals surface area contributed by atoms with Gasteiger partial charge >= 0.3 is 5.97 Å². The van der Waals surface area contributed by atoms with Crippen LogP contribution in [0.1, 0.15) is 187 Å². The van der Waals surface area contributed by atoms with Gasteiger partial charge in [-0.15, -0.1) is 0 Å². The molecule has 16 nitrogen and oxygen atoms in total. The normalized spacial score (nSPS) is 9.53. The number of carbonyl (C=O) groups is 1. The Kier molecular flexibility index (Phi) is 118. The van der Waals surface area contributed by atoms with Crippen molar-refractivity contribution in [2.75, 3.05) is 92.5 Å². The van der Waals surface area contributed by atoms with E-state index in [-0.39, 0.29) is 98.1 Å². The van der Waals surface area contributed by atoms with E-state index < -0.39 is 5.97 Å². The van der Waals surface area contributed by atoms with E-state index in [1.807, 2.05) is 0 Å². The fourth-order valence-corrected chi connectivity index (χ4v) is 4.04. The highest BCUT2D eigenvalue weighted by molar-refractivity contribution is 5.84. The van der Waals surface area contributed by atoms with E-state index in [1.54, 1.807) is 0 Å². The van der Waals surface area contributed by atoms with E-state index in [1.165, 1.54) is 6.92 Å². The lowest BCUT2D eigenvalue weighted by Crippen LogP contribution is -1.92. The molecule has 0 unspecified atom stereocenters. The van der Waals surface area contributed by atoms with Crippen molar-refractivity contribution in [1.29, 1.82) is 0 Å². The molecule has 0 aromatic carbocycles. The Morgan fingerprint density at radius 2 is 0.306 bits per heavy atom. The maximum Gasteiger partial charge on any atom is 0.330 e. The van der Waals surface area contributed by atoms with Gasteiger partial charge in [0.2, 0.25) is 0 Å². The number of hydrogen-bond donors (Lipinski definition) is 15. The van der Waals surface area contributed by atoms with Gasteiger partial charge in [0.25, 0.3) is 0 Å². The predicted octanol–water partition coefficient (Wildman–Crippen LogP) is 4.37. The fraction of sp³-hybridized carbons (Fsp3) is 0.935. The Labute approximate surface area is 378 Å². The molecule has 0 radical (unpaired) electrons. The first-order valence-electron chi connectivity index (χ1n) is 23.5. The predicted molar refractivity (Wildman–Crippen MR) is 251 cm³/mol. The summed E-state index contributed by atoms with van der Waals surface area (Å²) in [7, 11) is 0. The molecule has 0 atom stereocenters. The Hall–Kier alpha value is -1.35. The molecule has 0 saturated carbocycles. The van der Waals surface area contributed by atoms with Gasteiger partial charge in [0.05, 0.1) is 0 Å². The summed E-state index contributed by atoms with van der Waals surface area (Å²) >= 11 is 0.